The van der Waals surface area contributed by atoms with Gasteiger partial charge in [-0.15, -0.1) is 0 Å². The molecule has 74 valence electrons. The maximum absolute atomic E-state index is 10.0. The van der Waals surface area contributed by atoms with Crippen LogP contribution in [0.3, 0.4) is 0 Å². The standard InChI is InChI=1S/C6H10O4.2H3N/c1-3(5(7)8)4(2)6(9)10;;/h3-4H,1-2H3,(H,7,8)(H,9,10);2*1H3. The minimum Gasteiger partial charge on any atom is -0.550 e. The van der Waals surface area contributed by atoms with E-state index in [0.717, 1.165) is 0 Å². The summed E-state index contributed by atoms with van der Waals surface area (Å²) in [6.07, 6.45) is 0. The number of carbonyl (C=O) groups is 2. The lowest BCUT2D eigenvalue weighted by Gasteiger charge is -2.20. The second-order valence-corrected chi connectivity index (χ2v) is 2.22. The first-order valence-corrected chi connectivity index (χ1v) is 2.88. The van der Waals surface area contributed by atoms with Crippen LogP contribution in [-0.2, 0) is 9.59 Å². The van der Waals surface area contributed by atoms with E-state index in [9.17, 15) is 19.8 Å². The first-order chi connectivity index (χ1) is 4.46. The van der Waals surface area contributed by atoms with Gasteiger partial charge in [-0.25, -0.2) is 0 Å². The van der Waals surface area contributed by atoms with Gasteiger partial charge in [0.1, 0.15) is 0 Å². The number of quaternary nitrogens is 2. The van der Waals surface area contributed by atoms with Crippen molar-refractivity contribution in [2.75, 3.05) is 0 Å². The number of hydrogen-bond acceptors (Lipinski definition) is 4. The van der Waals surface area contributed by atoms with Gasteiger partial charge in [-0.05, 0) is 0 Å². The molecule has 0 amide bonds. The van der Waals surface area contributed by atoms with Gasteiger partial charge >= 0.3 is 0 Å². The Morgan fingerprint density at radius 1 is 0.917 bits per heavy atom. The Morgan fingerprint density at radius 2 is 1.08 bits per heavy atom. The molecule has 0 spiro atoms. The van der Waals surface area contributed by atoms with Crippen molar-refractivity contribution in [3.05, 3.63) is 0 Å². The molecule has 0 fully saturated rings. The predicted molar refractivity (Wildman–Crippen MR) is 40.3 cm³/mol. The summed E-state index contributed by atoms with van der Waals surface area (Å²) in [4.78, 5) is 20.1. The zero-order valence-corrected chi connectivity index (χ0v) is 7.79. The number of carboxylic acids is 2. The van der Waals surface area contributed by atoms with Crippen LogP contribution in [0, 0.1) is 11.8 Å². The molecule has 0 aromatic carbocycles. The quantitative estimate of drug-likeness (QED) is 0.542. The molecule has 0 radical (unpaired) electrons. The highest BCUT2D eigenvalue weighted by Crippen LogP contribution is 2.07. The van der Waals surface area contributed by atoms with Crippen LogP contribution in [0.5, 0.6) is 0 Å². The maximum Gasteiger partial charge on any atom is 0.0448 e. The fraction of sp³-hybridized carbons (Fsp3) is 0.667. The highest BCUT2D eigenvalue weighted by atomic mass is 16.4. The Morgan fingerprint density at radius 3 is 1.17 bits per heavy atom. The van der Waals surface area contributed by atoms with Gasteiger partial charge in [0.25, 0.3) is 0 Å². The molecule has 8 N–H and O–H groups in total. The van der Waals surface area contributed by atoms with Gasteiger partial charge < -0.3 is 32.1 Å². The van der Waals surface area contributed by atoms with Crippen molar-refractivity contribution in [1.29, 1.82) is 0 Å². The van der Waals surface area contributed by atoms with Gasteiger partial charge in [-0.3, -0.25) is 0 Å². The monoisotopic (exact) mass is 180 g/mol. The lowest BCUT2D eigenvalue weighted by atomic mass is 9.97. The molecule has 0 saturated carbocycles. The fourth-order valence-corrected chi connectivity index (χ4v) is 0.408. The highest BCUT2D eigenvalue weighted by molar-refractivity contribution is 5.77. The maximum atomic E-state index is 10.0. The van der Waals surface area contributed by atoms with Gasteiger partial charge in [0.15, 0.2) is 0 Å². The van der Waals surface area contributed by atoms with Crippen molar-refractivity contribution in [3.63, 3.8) is 0 Å². The molecule has 0 bridgehead atoms. The van der Waals surface area contributed by atoms with Crippen LogP contribution >= 0.6 is 0 Å². The molecule has 0 aromatic rings. The van der Waals surface area contributed by atoms with Crippen molar-refractivity contribution in [3.8, 4) is 0 Å². The predicted octanol–water partition coefficient (Wildman–Crippen LogP) is -1.49. The molecule has 12 heavy (non-hydrogen) atoms. The Bertz CT molecular complexity index is 142. The van der Waals surface area contributed by atoms with E-state index in [4.69, 9.17) is 0 Å². The van der Waals surface area contributed by atoms with Crippen molar-refractivity contribution in [2.24, 2.45) is 11.8 Å². The molecule has 2 atom stereocenters. The molecule has 6 heteroatoms. The van der Waals surface area contributed by atoms with Crippen molar-refractivity contribution in [1.82, 2.24) is 12.3 Å². The summed E-state index contributed by atoms with van der Waals surface area (Å²) in [5.74, 6) is -4.72. The molecular weight excluding hydrogens is 164 g/mol. The Kier molecular flexibility index (Phi) is 9.35. The van der Waals surface area contributed by atoms with E-state index in [1.54, 1.807) is 0 Å². The molecular formula is C6H16N2O4. The van der Waals surface area contributed by atoms with Crippen LogP contribution in [-0.4, -0.2) is 11.9 Å². The zero-order chi connectivity index (χ0) is 8.31. The van der Waals surface area contributed by atoms with Crippen LogP contribution in [0.15, 0.2) is 0 Å². The average Bonchev–Trinajstić information content (AvgIpc) is 1.84. The molecule has 0 aliphatic heterocycles. The van der Waals surface area contributed by atoms with E-state index in [-0.39, 0.29) is 12.3 Å². The fourth-order valence-electron chi connectivity index (χ4n) is 0.408. The minimum atomic E-state index is -1.36. The zero-order valence-electron chi connectivity index (χ0n) is 7.79. The topological polar surface area (TPSA) is 153 Å². The summed E-state index contributed by atoms with van der Waals surface area (Å²) in [7, 11) is 0. The van der Waals surface area contributed by atoms with Gasteiger partial charge in [0, 0.05) is 23.8 Å². The van der Waals surface area contributed by atoms with Gasteiger partial charge in [-0.1, -0.05) is 13.8 Å². The van der Waals surface area contributed by atoms with Crippen LogP contribution in [0.2, 0.25) is 0 Å². The normalized spacial score (nSPS) is 13.2. The average molecular weight is 180 g/mol. The lowest BCUT2D eigenvalue weighted by Crippen LogP contribution is -2.41. The number of hydrogen-bond donors (Lipinski definition) is 2. The van der Waals surface area contributed by atoms with E-state index in [2.05, 4.69) is 0 Å². The van der Waals surface area contributed by atoms with E-state index in [0.29, 0.717) is 0 Å². The third-order valence-electron chi connectivity index (χ3n) is 1.49. The second kappa shape index (κ2) is 6.56. The highest BCUT2D eigenvalue weighted by Gasteiger charge is 2.13. The van der Waals surface area contributed by atoms with Crippen molar-refractivity contribution < 1.29 is 19.8 Å². The minimum absolute atomic E-state index is 0. The van der Waals surface area contributed by atoms with Crippen LogP contribution < -0.4 is 22.5 Å². The van der Waals surface area contributed by atoms with Crippen LogP contribution in [0.4, 0.5) is 0 Å². The third-order valence-corrected chi connectivity index (χ3v) is 1.49. The molecule has 6 nitrogen and oxygen atoms in total. The first-order valence-electron chi connectivity index (χ1n) is 2.88. The number of aliphatic carboxylic acids is 2. The molecule has 0 rings (SSSR count). The lowest BCUT2D eigenvalue weighted by molar-refractivity contribution is -0.325. The summed E-state index contributed by atoms with van der Waals surface area (Å²) >= 11 is 0. The molecule has 0 saturated heterocycles. The summed E-state index contributed by atoms with van der Waals surface area (Å²) in [5, 5.41) is 20.1. The Hall–Kier alpha value is -1.14. The summed E-state index contributed by atoms with van der Waals surface area (Å²) in [6.45, 7) is 2.55. The van der Waals surface area contributed by atoms with Crippen molar-refractivity contribution >= 4 is 11.9 Å². The summed E-state index contributed by atoms with van der Waals surface area (Å²) < 4.78 is 0. The summed E-state index contributed by atoms with van der Waals surface area (Å²) in [5.41, 5.74) is 0. The van der Waals surface area contributed by atoms with Gasteiger partial charge in [0.05, 0.1) is 0 Å². The van der Waals surface area contributed by atoms with Crippen LogP contribution in [0.1, 0.15) is 13.8 Å². The Labute approximate surface area is 70.7 Å². The third kappa shape index (κ3) is 4.64. The largest absolute Gasteiger partial charge is 0.550 e. The second-order valence-electron chi connectivity index (χ2n) is 2.22. The van der Waals surface area contributed by atoms with E-state index < -0.39 is 23.8 Å². The molecule has 0 aromatic heterocycles. The SMILES string of the molecule is CC(C(=O)[O-])C(C)C(=O)[O-].[NH4+].[NH4+]. The van der Waals surface area contributed by atoms with Gasteiger partial charge in [0.2, 0.25) is 0 Å². The number of carboxylic acid groups (broad SMARTS) is 2. The first kappa shape index (κ1) is 17.1. The molecule has 0 heterocycles. The van der Waals surface area contributed by atoms with Crippen molar-refractivity contribution in [2.45, 2.75) is 13.8 Å². The van der Waals surface area contributed by atoms with E-state index >= 15 is 0 Å². The van der Waals surface area contributed by atoms with E-state index in [1.165, 1.54) is 13.8 Å². The molecule has 0 aliphatic rings. The van der Waals surface area contributed by atoms with Gasteiger partial charge in [-0.2, -0.15) is 0 Å². The molecule has 0 aliphatic carbocycles. The smallest absolute Gasteiger partial charge is 0.0448 e. The van der Waals surface area contributed by atoms with E-state index in [1.807, 2.05) is 0 Å². The Balaban J connectivity index is -0.000000405. The molecule has 2 unspecified atom stereocenters. The summed E-state index contributed by atoms with van der Waals surface area (Å²) in [6, 6.07) is 0. The number of rotatable bonds is 3. The van der Waals surface area contributed by atoms with Crippen LogP contribution in [0.25, 0.3) is 0 Å². The number of carbonyl (C=O) groups excluding carboxylic acids is 2.